The Hall–Kier alpha value is -1.02. The molecule has 0 spiro atoms. The molecule has 52 heavy (non-hydrogen) atoms. The van der Waals surface area contributed by atoms with Gasteiger partial charge in [-0.05, 0) is 44.9 Å². The van der Waals surface area contributed by atoms with Gasteiger partial charge in [-0.1, -0.05) is 167 Å². The van der Waals surface area contributed by atoms with Crippen molar-refractivity contribution >= 4 is 13.7 Å². The Labute approximate surface area is 322 Å². The summed E-state index contributed by atoms with van der Waals surface area (Å²) in [6.45, 7) is 4.63. The number of hydrogen-bond acceptors (Lipinski definition) is 6. The number of phosphoric ester groups is 1. The fourth-order valence-corrected chi connectivity index (χ4v) is 6.87. The first kappa shape index (κ1) is 51.0. The number of allylic oxidation sites excluding steroid dienone is 3. The van der Waals surface area contributed by atoms with Gasteiger partial charge in [-0.25, -0.2) is 0 Å². The molecule has 0 bridgehead atoms. The van der Waals surface area contributed by atoms with Crippen LogP contribution in [0.5, 0.6) is 0 Å². The van der Waals surface area contributed by atoms with E-state index in [-0.39, 0.29) is 19.1 Å². The normalized spacial score (nSPS) is 14.7. The monoisotopic (exact) mass is 757 g/mol. The van der Waals surface area contributed by atoms with Crippen molar-refractivity contribution in [2.24, 2.45) is 0 Å². The van der Waals surface area contributed by atoms with Crippen molar-refractivity contribution in [2.45, 2.75) is 206 Å². The van der Waals surface area contributed by atoms with Crippen molar-refractivity contribution in [1.29, 1.82) is 0 Å². The highest BCUT2D eigenvalue weighted by Gasteiger charge is 2.23. The van der Waals surface area contributed by atoms with E-state index in [1.54, 1.807) is 6.08 Å². The van der Waals surface area contributed by atoms with Crippen LogP contribution in [0.25, 0.3) is 0 Å². The molecule has 8 nitrogen and oxygen atoms in total. The number of rotatable bonds is 39. The SMILES string of the molecule is CCCCCCCCC/C=C\CCCCCCCC(=O)NC(COP(=O)([O-])OCC[N+](C)(C)C)C(O)/C=C/CCCCCCCCCCCCCC. The number of amides is 1. The lowest BCUT2D eigenvalue weighted by molar-refractivity contribution is -0.870. The van der Waals surface area contributed by atoms with Crippen LogP contribution >= 0.6 is 7.82 Å². The molecule has 0 fully saturated rings. The van der Waals surface area contributed by atoms with Crippen molar-refractivity contribution in [1.82, 2.24) is 5.32 Å². The fraction of sp³-hybridized carbons (Fsp3) is 0.884. The molecular formula is C43H85N2O6P. The van der Waals surface area contributed by atoms with Gasteiger partial charge in [0.2, 0.25) is 5.91 Å². The molecular weight excluding hydrogens is 671 g/mol. The summed E-state index contributed by atoms with van der Waals surface area (Å²) in [6.07, 6.45) is 40.7. The highest BCUT2D eigenvalue weighted by atomic mass is 31.2. The molecule has 9 heteroatoms. The van der Waals surface area contributed by atoms with Crippen molar-refractivity contribution in [3.8, 4) is 0 Å². The second-order valence-electron chi connectivity index (χ2n) is 16.0. The van der Waals surface area contributed by atoms with Gasteiger partial charge in [0.25, 0.3) is 7.82 Å². The van der Waals surface area contributed by atoms with Gasteiger partial charge in [0, 0.05) is 6.42 Å². The van der Waals surface area contributed by atoms with Crippen molar-refractivity contribution < 1.29 is 32.9 Å². The Balaban J connectivity index is 4.46. The number of phosphoric acid groups is 1. The van der Waals surface area contributed by atoms with E-state index in [1.165, 1.54) is 122 Å². The Kier molecular flexibility index (Phi) is 35.0. The minimum absolute atomic E-state index is 0.00164. The topological polar surface area (TPSA) is 108 Å². The molecule has 0 radical (unpaired) electrons. The third-order valence-electron chi connectivity index (χ3n) is 9.66. The molecule has 0 aliphatic heterocycles. The summed E-state index contributed by atoms with van der Waals surface area (Å²) in [5.74, 6) is -0.206. The summed E-state index contributed by atoms with van der Waals surface area (Å²) >= 11 is 0. The zero-order valence-electron chi connectivity index (χ0n) is 34.8. The maximum atomic E-state index is 12.8. The van der Waals surface area contributed by atoms with Crippen LogP contribution in [0.1, 0.15) is 194 Å². The molecule has 0 saturated heterocycles. The summed E-state index contributed by atoms with van der Waals surface area (Å²) < 4.78 is 23.2. The first-order valence-electron chi connectivity index (χ1n) is 21.7. The number of carbonyl (C=O) groups is 1. The van der Waals surface area contributed by atoms with E-state index < -0.39 is 20.0 Å². The van der Waals surface area contributed by atoms with E-state index >= 15 is 0 Å². The van der Waals surface area contributed by atoms with Crippen LogP contribution < -0.4 is 10.2 Å². The van der Waals surface area contributed by atoms with E-state index in [2.05, 4.69) is 31.3 Å². The number of nitrogens with zero attached hydrogens (tertiary/aromatic N) is 1. The molecule has 0 aromatic heterocycles. The molecule has 0 heterocycles. The first-order valence-corrected chi connectivity index (χ1v) is 23.2. The van der Waals surface area contributed by atoms with Crippen molar-refractivity contribution in [2.75, 3.05) is 40.9 Å². The van der Waals surface area contributed by atoms with E-state index in [9.17, 15) is 19.4 Å². The highest BCUT2D eigenvalue weighted by Crippen LogP contribution is 2.38. The van der Waals surface area contributed by atoms with Gasteiger partial charge in [-0.15, -0.1) is 0 Å². The third kappa shape index (κ3) is 37.3. The number of quaternary nitrogens is 1. The lowest BCUT2D eigenvalue weighted by Crippen LogP contribution is -2.45. The van der Waals surface area contributed by atoms with Crippen LogP contribution in [0.4, 0.5) is 0 Å². The van der Waals surface area contributed by atoms with Crippen LogP contribution in [0.15, 0.2) is 24.3 Å². The smallest absolute Gasteiger partial charge is 0.268 e. The van der Waals surface area contributed by atoms with Gasteiger partial charge < -0.3 is 28.8 Å². The molecule has 0 aliphatic carbocycles. The standard InChI is InChI=1S/C43H85N2O6P/c1-6-8-10-12-14-16-18-20-22-23-25-27-29-31-33-35-37-43(47)44-41(40-51-52(48,49)50-39-38-45(3,4)5)42(46)36-34-32-30-28-26-24-21-19-17-15-13-11-9-7-2/h22-23,34,36,41-42,46H,6-21,24-33,35,37-40H2,1-5H3,(H-,44,47,48,49)/b23-22-,36-34+. The lowest BCUT2D eigenvalue weighted by atomic mass is 10.0. The van der Waals surface area contributed by atoms with Gasteiger partial charge >= 0.3 is 0 Å². The molecule has 2 N–H and O–H groups in total. The van der Waals surface area contributed by atoms with Gasteiger partial charge in [0.05, 0.1) is 39.9 Å². The summed E-state index contributed by atoms with van der Waals surface area (Å²) in [5, 5.41) is 13.7. The Bertz CT molecular complexity index is 907. The third-order valence-corrected chi connectivity index (χ3v) is 10.6. The molecule has 1 amide bonds. The maximum Gasteiger partial charge on any atom is 0.268 e. The van der Waals surface area contributed by atoms with E-state index in [0.29, 0.717) is 17.4 Å². The predicted octanol–water partition coefficient (Wildman–Crippen LogP) is 11.1. The first-order chi connectivity index (χ1) is 25.0. The zero-order chi connectivity index (χ0) is 38.6. The van der Waals surface area contributed by atoms with Crippen LogP contribution in [-0.2, 0) is 18.4 Å². The van der Waals surface area contributed by atoms with Crippen LogP contribution in [-0.4, -0.2) is 68.5 Å². The maximum absolute atomic E-state index is 12.8. The molecule has 0 aromatic rings. The number of hydrogen-bond donors (Lipinski definition) is 2. The molecule has 0 saturated carbocycles. The van der Waals surface area contributed by atoms with Gasteiger partial charge in [-0.2, -0.15) is 0 Å². The number of carbonyl (C=O) groups excluding carboxylic acids is 1. The Morgan fingerprint density at radius 1 is 0.654 bits per heavy atom. The molecule has 0 aromatic carbocycles. The summed E-state index contributed by atoms with van der Waals surface area (Å²) in [6, 6.07) is -0.886. The second-order valence-corrected chi connectivity index (χ2v) is 17.5. The molecule has 3 atom stereocenters. The number of nitrogens with one attached hydrogen (secondary N) is 1. The predicted molar refractivity (Wildman–Crippen MR) is 219 cm³/mol. The van der Waals surface area contributed by atoms with E-state index in [4.69, 9.17) is 9.05 Å². The molecule has 3 unspecified atom stereocenters. The zero-order valence-corrected chi connectivity index (χ0v) is 35.7. The van der Waals surface area contributed by atoms with Crippen molar-refractivity contribution in [3.05, 3.63) is 24.3 Å². The number of likely N-dealkylation sites (N-methyl/N-ethyl adjacent to an activating group) is 1. The van der Waals surface area contributed by atoms with Gasteiger partial charge in [-0.3, -0.25) is 9.36 Å². The second kappa shape index (κ2) is 35.7. The molecule has 0 aliphatic rings. The number of aliphatic hydroxyl groups excluding tert-OH is 1. The quantitative estimate of drug-likeness (QED) is 0.0280. The van der Waals surface area contributed by atoms with Gasteiger partial charge in [0.15, 0.2) is 0 Å². The number of unbranched alkanes of at least 4 members (excludes halogenated alkanes) is 24. The molecule has 308 valence electrons. The van der Waals surface area contributed by atoms with Crippen molar-refractivity contribution in [3.63, 3.8) is 0 Å². The van der Waals surface area contributed by atoms with Crippen LogP contribution in [0, 0.1) is 0 Å². The van der Waals surface area contributed by atoms with E-state index in [0.717, 1.165) is 51.4 Å². The van der Waals surface area contributed by atoms with Gasteiger partial charge in [0.1, 0.15) is 13.2 Å². The van der Waals surface area contributed by atoms with Crippen LogP contribution in [0.2, 0.25) is 0 Å². The Morgan fingerprint density at radius 3 is 1.50 bits per heavy atom. The summed E-state index contributed by atoms with van der Waals surface area (Å²) in [7, 11) is 1.26. The lowest BCUT2D eigenvalue weighted by Gasteiger charge is -2.29. The summed E-state index contributed by atoms with van der Waals surface area (Å²) in [4.78, 5) is 25.2. The average Bonchev–Trinajstić information content (AvgIpc) is 3.09. The summed E-state index contributed by atoms with van der Waals surface area (Å²) in [5.41, 5.74) is 0. The number of aliphatic hydroxyl groups is 1. The Morgan fingerprint density at radius 2 is 1.06 bits per heavy atom. The highest BCUT2D eigenvalue weighted by molar-refractivity contribution is 7.45. The van der Waals surface area contributed by atoms with E-state index in [1.807, 2.05) is 27.2 Å². The largest absolute Gasteiger partial charge is 0.756 e. The fourth-order valence-electron chi connectivity index (χ4n) is 6.15. The minimum Gasteiger partial charge on any atom is -0.756 e. The minimum atomic E-state index is -4.58. The average molecular weight is 757 g/mol. The molecule has 0 rings (SSSR count). The van der Waals surface area contributed by atoms with Crippen LogP contribution in [0.3, 0.4) is 0 Å².